The first-order valence-corrected chi connectivity index (χ1v) is 9.85. The van der Waals surface area contributed by atoms with Gasteiger partial charge in [-0.1, -0.05) is 18.2 Å². The smallest absolute Gasteiger partial charge is 0.290 e. The Labute approximate surface area is 169 Å². The normalized spacial score (nSPS) is 14.0. The lowest BCUT2D eigenvalue weighted by molar-refractivity contribution is 0.0711. The third kappa shape index (κ3) is 3.94. The first-order valence-electron chi connectivity index (χ1n) is 9.85. The molecule has 3 aromatic rings. The zero-order chi connectivity index (χ0) is 20.2. The average molecular weight is 392 g/mol. The zero-order valence-electron chi connectivity index (χ0n) is 16.4. The molecular weight excluding hydrogens is 368 g/mol. The molecule has 0 radical (unpaired) electrons. The predicted octanol–water partition coefficient (Wildman–Crippen LogP) is 2.90. The number of hydrogen-bond donors (Lipinski definition) is 1. The van der Waals surface area contributed by atoms with E-state index in [9.17, 15) is 9.59 Å². The van der Waals surface area contributed by atoms with Crippen LogP contribution in [0.5, 0.6) is 5.75 Å². The lowest BCUT2D eigenvalue weighted by Gasteiger charge is -2.25. The Hall–Kier alpha value is -3.35. The minimum Gasteiger partial charge on any atom is -0.497 e. The number of methoxy groups -OCH3 is 1. The van der Waals surface area contributed by atoms with Crippen LogP contribution in [0.1, 0.15) is 45.9 Å². The number of ether oxygens (including phenoxy) is 1. The van der Waals surface area contributed by atoms with Crippen LogP contribution in [0.15, 0.2) is 48.7 Å². The number of aromatic nitrogens is 2. The second-order valence-corrected chi connectivity index (χ2v) is 7.12. The van der Waals surface area contributed by atoms with Crippen LogP contribution in [0.4, 0.5) is 0 Å². The Kier molecular flexibility index (Phi) is 5.46. The minimum absolute atomic E-state index is 0.125. The molecule has 0 bridgehead atoms. The number of rotatable bonds is 5. The number of carbonyl (C=O) groups is 2. The minimum atomic E-state index is -0.304. The molecule has 0 spiro atoms. The Morgan fingerprint density at radius 1 is 1.07 bits per heavy atom. The Morgan fingerprint density at radius 2 is 1.83 bits per heavy atom. The molecule has 0 saturated carbocycles. The van der Waals surface area contributed by atoms with Crippen LogP contribution in [-0.4, -0.2) is 46.3 Å². The highest BCUT2D eigenvalue weighted by Gasteiger charge is 2.25. The topological polar surface area (TPSA) is 75.9 Å². The number of pyridine rings is 1. The molecular formula is C22H24N4O3. The first kappa shape index (κ1) is 19.0. The van der Waals surface area contributed by atoms with Crippen LogP contribution < -0.4 is 10.1 Å². The summed E-state index contributed by atoms with van der Waals surface area (Å²) in [6.07, 6.45) is 4.93. The highest BCUT2D eigenvalue weighted by molar-refractivity contribution is 6.02. The van der Waals surface area contributed by atoms with E-state index in [0.29, 0.717) is 12.1 Å². The summed E-state index contributed by atoms with van der Waals surface area (Å²) in [5, 5.41) is 2.90. The van der Waals surface area contributed by atoms with Crippen molar-refractivity contribution in [1.29, 1.82) is 0 Å². The molecule has 1 fully saturated rings. The van der Waals surface area contributed by atoms with E-state index >= 15 is 0 Å². The van der Waals surface area contributed by atoms with Crippen LogP contribution in [0.3, 0.4) is 0 Å². The van der Waals surface area contributed by atoms with Gasteiger partial charge in [-0.05, 0) is 49.1 Å². The molecule has 7 heteroatoms. The van der Waals surface area contributed by atoms with Crippen LogP contribution in [-0.2, 0) is 6.54 Å². The maximum absolute atomic E-state index is 13.0. The molecule has 2 aromatic heterocycles. The summed E-state index contributed by atoms with van der Waals surface area (Å²) < 4.78 is 6.86. The van der Waals surface area contributed by atoms with Gasteiger partial charge < -0.3 is 15.0 Å². The molecule has 4 rings (SSSR count). The van der Waals surface area contributed by atoms with Crippen molar-refractivity contribution in [1.82, 2.24) is 19.6 Å². The van der Waals surface area contributed by atoms with Crippen molar-refractivity contribution >= 4 is 17.3 Å². The number of nitrogens with zero attached hydrogens (tertiary/aromatic N) is 3. The largest absolute Gasteiger partial charge is 0.497 e. The summed E-state index contributed by atoms with van der Waals surface area (Å²) in [5.74, 6) is 0.625. The maximum atomic E-state index is 13.0. The summed E-state index contributed by atoms with van der Waals surface area (Å²) in [5.41, 5.74) is 1.84. The second-order valence-electron chi connectivity index (χ2n) is 7.12. The van der Waals surface area contributed by atoms with Gasteiger partial charge in [0.15, 0.2) is 5.69 Å². The lowest BCUT2D eigenvalue weighted by Crippen LogP contribution is -2.36. The monoisotopic (exact) mass is 392 g/mol. The van der Waals surface area contributed by atoms with Gasteiger partial charge in [0.25, 0.3) is 11.8 Å². The Bertz CT molecular complexity index is 1020. The van der Waals surface area contributed by atoms with E-state index in [2.05, 4.69) is 10.3 Å². The number of benzene rings is 1. The van der Waals surface area contributed by atoms with Gasteiger partial charge in [0.1, 0.15) is 5.75 Å². The Morgan fingerprint density at radius 3 is 2.55 bits per heavy atom. The molecule has 0 unspecified atom stereocenters. The van der Waals surface area contributed by atoms with Gasteiger partial charge >= 0.3 is 0 Å². The second kappa shape index (κ2) is 8.34. The third-order valence-corrected chi connectivity index (χ3v) is 5.21. The number of piperidine rings is 1. The maximum Gasteiger partial charge on any atom is 0.290 e. The first-order chi connectivity index (χ1) is 14.2. The van der Waals surface area contributed by atoms with Crippen LogP contribution in [0.2, 0.25) is 0 Å². The van der Waals surface area contributed by atoms with Crippen LogP contribution >= 0.6 is 0 Å². The van der Waals surface area contributed by atoms with Crippen molar-refractivity contribution in [2.24, 2.45) is 0 Å². The zero-order valence-corrected chi connectivity index (χ0v) is 16.4. The summed E-state index contributed by atoms with van der Waals surface area (Å²) in [4.78, 5) is 32.1. The van der Waals surface area contributed by atoms with E-state index in [1.54, 1.807) is 17.7 Å². The van der Waals surface area contributed by atoms with Crippen molar-refractivity contribution in [3.63, 3.8) is 0 Å². The highest BCUT2D eigenvalue weighted by Crippen LogP contribution is 2.18. The fourth-order valence-corrected chi connectivity index (χ4v) is 3.60. The van der Waals surface area contributed by atoms with Gasteiger partial charge in [-0.15, -0.1) is 0 Å². The van der Waals surface area contributed by atoms with Gasteiger partial charge in [-0.2, -0.15) is 0 Å². The average Bonchev–Trinajstić information content (AvgIpc) is 3.18. The molecule has 1 saturated heterocycles. The van der Waals surface area contributed by atoms with Crippen molar-refractivity contribution in [3.8, 4) is 5.75 Å². The number of imidazole rings is 1. The molecule has 1 aromatic carbocycles. The van der Waals surface area contributed by atoms with E-state index in [1.165, 1.54) is 0 Å². The number of carbonyl (C=O) groups excluding carboxylic acids is 2. The lowest BCUT2D eigenvalue weighted by atomic mass is 10.1. The van der Waals surface area contributed by atoms with Gasteiger partial charge in [-0.25, -0.2) is 4.98 Å². The summed E-state index contributed by atoms with van der Waals surface area (Å²) >= 11 is 0. The van der Waals surface area contributed by atoms with Crippen molar-refractivity contribution in [3.05, 3.63) is 65.7 Å². The van der Waals surface area contributed by atoms with Gasteiger partial charge in [0.2, 0.25) is 5.82 Å². The van der Waals surface area contributed by atoms with E-state index in [-0.39, 0.29) is 23.3 Å². The fraction of sp³-hybridized carbons (Fsp3) is 0.318. The molecule has 1 aliphatic heterocycles. The van der Waals surface area contributed by atoms with E-state index in [0.717, 1.165) is 43.7 Å². The molecule has 0 aliphatic carbocycles. The van der Waals surface area contributed by atoms with E-state index < -0.39 is 0 Å². The molecule has 150 valence electrons. The van der Waals surface area contributed by atoms with Crippen LogP contribution in [0.25, 0.3) is 5.52 Å². The molecule has 2 amide bonds. The van der Waals surface area contributed by atoms with E-state index in [1.807, 2.05) is 47.4 Å². The summed E-state index contributed by atoms with van der Waals surface area (Å²) in [6, 6.07) is 13.0. The van der Waals surface area contributed by atoms with Crippen molar-refractivity contribution in [2.45, 2.75) is 25.8 Å². The van der Waals surface area contributed by atoms with Crippen molar-refractivity contribution < 1.29 is 14.3 Å². The number of hydrogen-bond acceptors (Lipinski definition) is 4. The number of nitrogens with one attached hydrogen (secondary N) is 1. The third-order valence-electron chi connectivity index (χ3n) is 5.21. The molecule has 29 heavy (non-hydrogen) atoms. The van der Waals surface area contributed by atoms with Gasteiger partial charge in [0.05, 0.1) is 12.6 Å². The predicted molar refractivity (Wildman–Crippen MR) is 109 cm³/mol. The number of amides is 2. The van der Waals surface area contributed by atoms with Crippen molar-refractivity contribution in [2.75, 3.05) is 20.2 Å². The van der Waals surface area contributed by atoms with Crippen LogP contribution in [0, 0.1) is 0 Å². The standard InChI is InChI=1S/C22H24N4O3/c1-29-17-10-8-16(9-11-17)15-23-21(27)19-18-7-3-6-14-26(18)20(24-19)22(28)25-12-4-2-5-13-25/h3,6-11,14H,2,4-5,12-13,15H2,1H3,(H,23,27). The van der Waals surface area contributed by atoms with Gasteiger partial charge in [0, 0.05) is 25.8 Å². The number of fused-ring (bicyclic) bond motifs is 1. The van der Waals surface area contributed by atoms with E-state index in [4.69, 9.17) is 4.74 Å². The highest BCUT2D eigenvalue weighted by atomic mass is 16.5. The molecule has 3 heterocycles. The SMILES string of the molecule is COc1ccc(CNC(=O)c2nc(C(=O)N3CCCCC3)n3ccccc23)cc1. The number of likely N-dealkylation sites (tertiary alicyclic amines) is 1. The summed E-state index contributed by atoms with van der Waals surface area (Å²) in [7, 11) is 1.61. The quantitative estimate of drug-likeness (QED) is 0.724. The fourth-order valence-electron chi connectivity index (χ4n) is 3.60. The molecule has 1 aliphatic rings. The molecule has 1 N–H and O–H groups in total. The molecule has 0 atom stereocenters. The summed E-state index contributed by atoms with van der Waals surface area (Å²) in [6.45, 7) is 1.84. The molecule has 7 nitrogen and oxygen atoms in total. The van der Waals surface area contributed by atoms with Gasteiger partial charge in [-0.3, -0.25) is 14.0 Å². The Balaban J connectivity index is 1.56.